The van der Waals surface area contributed by atoms with Crippen LogP contribution in [0.2, 0.25) is 0 Å². The summed E-state index contributed by atoms with van der Waals surface area (Å²) in [6.45, 7) is 9.92. The normalized spacial score (nSPS) is 20.0. The lowest BCUT2D eigenvalue weighted by Crippen LogP contribution is -2.51. The molecule has 1 saturated carbocycles. The molecule has 1 aliphatic heterocycles. The van der Waals surface area contributed by atoms with Crippen molar-refractivity contribution in [1.29, 1.82) is 0 Å². The van der Waals surface area contributed by atoms with Crippen molar-refractivity contribution in [2.45, 2.75) is 52.0 Å². The highest BCUT2D eigenvalue weighted by molar-refractivity contribution is 5.79. The van der Waals surface area contributed by atoms with Crippen LogP contribution in [-0.2, 0) is 23.1 Å². The highest BCUT2D eigenvalue weighted by atomic mass is 16.5. The molecule has 0 bridgehead atoms. The molecular weight excluding hydrogens is 394 g/mol. The minimum atomic E-state index is 0.298. The number of hydrogen-bond acceptors (Lipinski definition) is 6. The van der Waals surface area contributed by atoms with Gasteiger partial charge in [0.25, 0.3) is 0 Å². The van der Waals surface area contributed by atoms with Gasteiger partial charge in [-0.1, -0.05) is 19.3 Å². The maximum Gasteiger partial charge on any atom is 0.191 e. The molecule has 2 aliphatic rings. The maximum absolute atomic E-state index is 5.56. The first-order chi connectivity index (χ1) is 15.1. The molecule has 176 valence electrons. The minimum absolute atomic E-state index is 0.298. The number of nitrogens with zero attached hydrogens (tertiary/aromatic N) is 5. The zero-order chi connectivity index (χ0) is 21.9. The van der Waals surface area contributed by atoms with E-state index in [9.17, 15) is 0 Å². The van der Waals surface area contributed by atoms with Gasteiger partial charge >= 0.3 is 0 Å². The van der Waals surface area contributed by atoms with Gasteiger partial charge in [-0.05, 0) is 26.2 Å². The number of morpholine rings is 1. The number of hydrogen-bond donors (Lipinski definition) is 2. The lowest BCUT2D eigenvalue weighted by molar-refractivity contribution is 0.00820. The van der Waals surface area contributed by atoms with Gasteiger partial charge in [-0.25, -0.2) is 4.99 Å². The molecule has 1 aliphatic carbocycles. The molecule has 1 saturated heterocycles. The smallest absolute Gasteiger partial charge is 0.191 e. The molecule has 9 nitrogen and oxygen atoms in total. The number of guanidine groups is 1. The number of methoxy groups -OCH3 is 1. The van der Waals surface area contributed by atoms with Gasteiger partial charge < -0.3 is 24.7 Å². The SMILES string of the molecule is COCCCNC(=NCc1nnc(C)n1C)NCC1(CN2CCOCC2)CCCCC1. The van der Waals surface area contributed by atoms with Crippen molar-refractivity contribution in [1.82, 2.24) is 30.3 Å². The Balaban J connectivity index is 1.63. The van der Waals surface area contributed by atoms with E-state index in [1.807, 2.05) is 18.5 Å². The summed E-state index contributed by atoms with van der Waals surface area (Å²) in [6.07, 6.45) is 7.48. The maximum atomic E-state index is 5.56. The first-order valence-electron chi connectivity index (χ1n) is 11.8. The predicted octanol–water partition coefficient (Wildman–Crippen LogP) is 1.48. The Bertz CT molecular complexity index is 679. The molecule has 31 heavy (non-hydrogen) atoms. The van der Waals surface area contributed by atoms with Crippen LogP contribution in [0.5, 0.6) is 0 Å². The zero-order valence-corrected chi connectivity index (χ0v) is 19.7. The van der Waals surface area contributed by atoms with E-state index in [-0.39, 0.29) is 0 Å². The fourth-order valence-corrected chi connectivity index (χ4v) is 4.53. The van der Waals surface area contributed by atoms with Gasteiger partial charge in [-0.3, -0.25) is 4.90 Å². The van der Waals surface area contributed by atoms with Crippen LogP contribution in [0.1, 0.15) is 50.2 Å². The molecule has 3 rings (SSSR count). The molecule has 0 atom stereocenters. The van der Waals surface area contributed by atoms with Crippen molar-refractivity contribution in [3.05, 3.63) is 11.6 Å². The predicted molar refractivity (Wildman–Crippen MR) is 122 cm³/mol. The fraction of sp³-hybridized carbons (Fsp3) is 0.864. The third kappa shape index (κ3) is 7.43. The highest BCUT2D eigenvalue weighted by Gasteiger charge is 2.34. The Morgan fingerprint density at radius 3 is 2.61 bits per heavy atom. The number of aliphatic imine (C=N–C) groups is 1. The average molecular weight is 436 g/mol. The third-order valence-electron chi connectivity index (χ3n) is 6.59. The van der Waals surface area contributed by atoms with Gasteiger partial charge in [0.2, 0.25) is 0 Å². The largest absolute Gasteiger partial charge is 0.385 e. The summed E-state index contributed by atoms with van der Waals surface area (Å²) in [5.74, 6) is 2.62. The molecule has 1 aromatic rings. The lowest BCUT2D eigenvalue weighted by Gasteiger charge is -2.42. The third-order valence-corrected chi connectivity index (χ3v) is 6.59. The van der Waals surface area contributed by atoms with Crippen molar-refractivity contribution < 1.29 is 9.47 Å². The van der Waals surface area contributed by atoms with E-state index < -0.39 is 0 Å². The first kappa shape index (κ1) is 23.9. The lowest BCUT2D eigenvalue weighted by atomic mass is 9.73. The van der Waals surface area contributed by atoms with Gasteiger partial charge in [0.1, 0.15) is 12.4 Å². The van der Waals surface area contributed by atoms with E-state index in [0.717, 1.165) is 76.6 Å². The molecule has 0 amide bonds. The van der Waals surface area contributed by atoms with Gasteiger partial charge in [0.15, 0.2) is 11.8 Å². The molecule has 2 heterocycles. The van der Waals surface area contributed by atoms with Crippen LogP contribution >= 0.6 is 0 Å². The Kier molecular flexibility index (Phi) is 9.54. The molecule has 2 fully saturated rings. The highest BCUT2D eigenvalue weighted by Crippen LogP contribution is 2.36. The van der Waals surface area contributed by atoms with Crippen molar-refractivity contribution in [2.24, 2.45) is 17.5 Å². The molecule has 9 heteroatoms. The van der Waals surface area contributed by atoms with E-state index in [0.29, 0.717) is 12.0 Å². The van der Waals surface area contributed by atoms with Crippen LogP contribution in [0.25, 0.3) is 0 Å². The number of aromatic nitrogens is 3. The number of rotatable bonds is 10. The van der Waals surface area contributed by atoms with Crippen LogP contribution in [0.4, 0.5) is 0 Å². The van der Waals surface area contributed by atoms with Crippen LogP contribution < -0.4 is 10.6 Å². The number of aryl methyl sites for hydroxylation is 1. The molecule has 0 radical (unpaired) electrons. The molecule has 2 N–H and O–H groups in total. The Labute approximate surface area is 187 Å². The standard InChI is InChI=1S/C22H41N7O2/c1-19-26-27-20(28(19)2)16-24-21(23-10-7-13-30-3)25-17-22(8-5-4-6-9-22)18-29-11-14-31-15-12-29/h4-18H2,1-3H3,(H2,23,24,25). The summed E-state index contributed by atoms with van der Waals surface area (Å²) in [6, 6.07) is 0. The van der Waals surface area contributed by atoms with E-state index in [4.69, 9.17) is 14.5 Å². The molecule has 1 aromatic heterocycles. The van der Waals surface area contributed by atoms with E-state index >= 15 is 0 Å². The van der Waals surface area contributed by atoms with Gasteiger partial charge in [0.05, 0.1) is 13.2 Å². The summed E-state index contributed by atoms with van der Waals surface area (Å²) in [7, 11) is 3.72. The van der Waals surface area contributed by atoms with Crippen LogP contribution in [0.15, 0.2) is 4.99 Å². The van der Waals surface area contributed by atoms with E-state index in [1.165, 1.54) is 32.1 Å². The summed E-state index contributed by atoms with van der Waals surface area (Å²) in [5.41, 5.74) is 0.298. The van der Waals surface area contributed by atoms with Crippen LogP contribution in [0.3, 0.4) is 0 Å². The van der Waals surface area contributed by atoms with Crippen molar-refractivity contribution in [2.75, 3.05) is 59.7 Å². The van der Waals surface area contributed by atoms with Gasteiger partial charge in [0, 0.05) is 58.9 Å². The number of ether oxygens (including phenoxy) is 2. The molecule has 0 spiro atoms. The van der Waals surface area contributed by atoms with E-state index in [2.05, 4.69) is 25.7 Å². The van der Waals surface area contributed by atoms with Crippen molar-refractivity contribution in [3.63, 3.8) is 0 Å². The van der Waals surface area contributed by atoms with Gasteiger partial charge in [-0.15, -0.1) is 10.2 Å². The Hall–Kier alpha value is -1.71. The van der Waals surface area contributed by atoms with Crippen LogP contribution in [0, 0.1) is 12.3 Å². The monoisotopic (exact) mass is 435 g/mol. The molecule has 0 unspecified atom stereocenters. The zero-order valence-electron chi connectivity index (χ0n) is 19.7. The van der Waals surface area contributed by atoms with E-state index in [1.54, 1.807) is 7.11 Å². The summed E-state index contributed by atoms with van der Waals surface area (Å²) in [5, 5.41) is 15.6. The quantitative estimate of drug-likeness (QED) is 0.327. The van der Waals surface area contributed by atoms with Crippen molar-refractivity contribution >= 4 is 5.96 Å². The summed E-state index contributed by atoms with van der Waals surface area (Å²) in [4.78, 5) is 7.41. The minimum Gasteiger partial charge on any atom is -0.385 e. The number of nitrogens with one attached hydrogen (secondary N) is 2. The van der Waals surface area contributed by atoms with Gasteiger partial charge in [-0.2, -0.15) is 0 Å². The van der Waals surface area contributed by atoms with Crippen LogP contribution in [-0.4, -0.2) is 85.3 Å². The fourth-order valence-electron chi connectivity index (χ4n) is 4.53. The van der Waals surface area contributed by atoms with Crippen molar-refractivity contribution in [3.8, 4) is 0 Å². The average Bonchev–Trinajstić information content (AvgIpc) is 3.11. The summed E-state index contributed by atoms with van der Waals surface area (Å²) >= 11 is 0. The molecule has 0 aromatic carbocycles. The topological polar surface area (TPSA) is 88.8 Å². The second-order valence-electron chi connectivity index (χ2n) is 8.96. The second-order valence-corrected chi connectivity index (χ2v) is 8.96. The molecular formula is C22H41N7O2. The Morgan fingerprint density at radius 2 is 1.94 bits per heavy atom. The summed E-state index contributed by atoms with van der Waals surface area (Å²) < 4.78 is 12.7. The Morgan fingerprint density at radius 1 is 1.16 bits per heavy atom. The first-order valence-corrected chi connectivity index (χ1v) is 11.8. The second kappa shape index (κ2) is 12.4.